The van der Waals surface area contributed by atoms with Crippen molar-refractivity contribution in [2.75, 3.05) is 33.5 Å². The fourth-order valence-electron chi connectivity index (χ4n) is 2.51. The lowest BCUT2D eigenvalue weighted by molar-refractivity contribution is 0.0660. The van der Waals surface area contributed by atoms with E-state index in [-0.39, 0.29) is 0 Å². The Labute approximate surface area is 115 Å². The average molecular weight is 267 g/mol. The molecule has 0 fully saturated rings. The standard InChI is InChI=1S/C14H25N3O2/c1-3-4-14-16-12-11-15-6-5-13(12)17(14)7-8-19-10-9-18-2/h15H,3-11H2,1-2H3. The maximum absolute atomic E-state index is 5.58. The molecule has 1 aliphatic heterocycles. The van der Waals surface area contributed by atoms with E-state index in [1.807, 2.05) is 0 Å². The monoisotopic (exact) mass is 267 g/mol. The first-order chi connectivity index (χ1) is 9.36. The van der Waals surface area contributed by atoms with Crippen LogP contribution >= 0.6 is 0 Å². The first-order valence-corrected chi connectivity index (χ1v) is 7.21. The predicted molar refractivity (Wildman–Crippen MR) is 74.3 cm³/mol. The number of nitrogens with one attached hydrogen (secondary N) is 1. The molecule has 19 heavy (non-hydrogen) atoms. The second-order valence-corrected chi connectivity index (χ2v) is 4.86. The van der Waals surface area contributed by atoms with Crippen molar-refractivity contribution in [3.05, 3.63) is 17.2 Å². The summed E-state index contributed by atoms with van der Waals surface area (Å²) < 4.78 is 12.9. The van der Waals surface area contributed by atoms with Gasteiger partial charge in [0, 0.05) is 45.3 Å². The molecule has 0 saturated heterocycles. The Hall–Kier alpha value is -0.910. The highest BCUT2D eigenvalue weighted by Gasteiger charge is 2.18. The first kappa shape index (κ1) is 14.5. The Kier molecular flexibility index (Phi) is 5.82. The fraction of sp³-hybridized carbons (Fsp3) is 0.786. The van der Waals surface area contributed by atoms with Gasteiger partial charge in [-0.25, -0.2) is 4.98 Å². The summed E-state index contributed by atoms with van der Waals surface area (Å²) in [5.74, 6) is 1.21. The van der Waals surface area contributed by atoms with Gasteiger partial charge >= 0.3 is 0 Å². The van der Waals surface area contributed by atoms with Crippen LogP contribution in [0.3, 0.4) is 0 Å². The van der Waals surface area contributed by atoms with E-state index in [1.54, 1.807) is 7.11 Å². The van der Waals surface area contributed by atoms with E-state index in [9.17, 15) is 0 Å². The number of fused-ring (bicyclic) bond motifs is 1. The topological polar surface area (TPSA) is 48.3 Å². The number of imidazole rings is 1. The second-order valence-electron chi connectivity index (χ2n) is 4.86. The molecule has 0 radical (unpaired) electrons. The summed E-state index contributed by atoms with van der Waals surface area (Å²) in [7, 11) is 1.70. The quantitative estimate of drug-likeness (QED) is 0.718. The summed E-state index contributed by atoms with van der Waals surface area (Å²) in [5.41, 5.74) is 2.63. The number of hydrogen-bond donors (Lipinski definition) is 1. The van der Waals surface area contributed by atoms with Crippen molar-refractivity contribution in [2.24, 2.45) is 0 Å². The molecule has 5 heteroatoms. The van der Waals surface area contributed by atoms with Gasteiger partial charge in [0.05, 0.1) is 25.5 Å². The summed E-state index contributed by atoms with van der Waals surface area (Å²) in [5, 5.41) is 3.38. The van der Waals surface area contributed by atoms with E-state index < -0.39 is 0 Å². The smallest absolute Gasteiger partial charge is 0.109 e. The molecular formula is C14H25N3O2. The lowest BCUT2D eigenvalue weighted by Gasteiger charge is -2.16. The van der Waals surface area contributed by atoms with Gasteiger partial charge in [-0.2, -0.15) is 0 Å². The Morgan fingerprint density at radius 1 is 1.32 bits per heavy atom. The van der Waals surface area contributed by atoms with Crippen LogP contribution in [0.2, 0.25) is 0 Å². The molecule has 0 saturated carbocycles. The lowest BCUT2D eigenvalue weighted by atomic mass is 10.2. The van der Waals surface area contributed by atoms with Gasteiger partial charge in [0.1, 0.15) is 5.82 Å². The number of methoxy groups -OCH3 is 1. The van der Waals surface area contributed by atoms with Gasteiger partial charge in [-0.3, -0.25) is 0 Å². The predicted octanol–water partition coefficient (Wildman–Crippen LogP) is 1.14. The number of nitrogens with zero attached hydrogens (tertiary/aromatic N) is 2. The molecule has 1 aliphatic rings. The van der Waals surface area contributed by atoms with E-state index >= 15 is 0 Å². The summed E-state index contributed by atoms with van der Waals surface area (Å²) in [6.45, 7) is 7.12. The van der Waals surface area contributed by atoms with Gasteiger partial charge in [0.2, 0.25) is 0 Å². The van der Waals surface area contributed by atoms with Crippen molar-refractivity contribution in [1.29, 1.82) is 0 Å². The Balaban J connectivity index is 1.98. The zero-order valence-electron chi connectivity index (χ0n) is 12.1. The molecule has 0 amide bonds. The summed E-state index contributed by atoms with van der Waals surface area (Å²) in [6, 6.07) is 0. The van der Waals surface area contributed by atoms with Crippen LogP contribution in [0.1, 0.15) is 30.6 Å². The highest BCUT2D eigenvalue weighted by atomic mass is 16.5. The molecular weight excluding hydrogens is 242 g/mol. The number of aromatic nitrogens is 2. The van der Waals surface area contributed by atoms with Crippen LogP contribution in [0.15, 0.2) is 0 Å². The highest BCUT2D eigenvalue weighted by Crippen LogP contribution is 2.17. The number of aryl methyl sites for hydroxylation is 1. The molecule has 1 N–H and O–H groups in total. The number of ether oxygens (including phenoxy) is 2. The normalized spacial score (nSPS) is 14.6. The maximum atomic E-state index is 5.58. The van der Waals surface area contributed by atoms with Crippen molar-refractivity contribution >= 4 is 0 Å². The molecule has 1 aromatic rings. The van der Waals surface area contributed by atoms with Gasteiger partial charge in [0.15, 0.2) is 0 Å². The minimum absolute atomic E-state index is 0.660. The summed E-state index contributed by atoms with van der Waals surface area (Å²) in [4.78, 5) is 4.78. The maximum Gasteiger partial charge on any atom is 0.109 e. The minimum atomic E-state index is 0.660. The van der Waals surface area contributed by atoms with E-state index in [2.05, 4.69) is 16.8 Å². The van der Waals surface area contributed by atoms with Crippen molar-refractivity contribution in [3.63, 3.8) is 0 Å². The van der Waals surface area contributed by atoms with Crippen LogP contribution < -0.4 is 5.32 Å². The van der Waals surface area contributed by atoms with E-state index in [1.165, 1.54) is 17.2 Å². The average Bonchev–Trinajstić information content (AvgIpc) is 2.77. The van der Waals surface area contributed by atoms with E-state index in [4.69, 9.17) is 14.5 Å². The third-order valence-corrected chi connectivity index (χ3v) is 3.43. The summed E-state index contributed by atoms with van der Waals surface area (Å²) in [6.07, 6.45) is 3.25. The van der Waals surface area contributed by atoms with Gasteiger partial charge < -0.3 is 19.4 Å². The molecule has 2 rings (SSSR count). The first-order valence-electron chi connectivity index (χ1n) is 7.21. The van der Waals surface area contributed by atoms with Crippen molar-refractivity contribution in [1.82, 2.24) is 14.9 Å². The van der Waals surface area contributed by atoms with E-state index in [0.29, 0.717) is 13.2 Å². The van der Waals surface area contributed by atoms with Gasteiger partial charge in [-0.05, 0) is 6.42 Å². The second kappa shape index (κ2) is 7.62. The zero-order chi connectivity index (χ0) is 13.5. The zero-order valence-corrected chi connectivity index (χ0v) is 12.1. The molecule has 0 unspecified atom stereocenters. The molecule has 0 bridgehead atoms. The fourth-order valence-corrected chi connectivity index (χ4v) is 2.51. The lowest BCUT2D eigenvalue weighted by Crippen LogP contribution is -2.25. The molecule has 0 aliphatic carbocycles. The minimum Gasteiger partial charge on any atom is -0.382 e. The highest BCUT2D eigenvalue weighted by molar-refractivity contribution is 5.20. The molecule has 2 heterocycles. The van der Waals surface area contributed by atoms with Crippen LogP contribution in [0, 0.1) is 0 Å². The van der Waals surface area contributed by atoms with Crippen LogP contribution in [0.4, 0.5) is 0 Å². The van der Waals surface area contributed by atoms with Crippen LogP contribution in [0.5, 0.6) is 0 Å². The van der Waals surface area contributed by atoms with E-state index in [0.717, 1.165) is 45.5 Å². The molecule has 0 atom stereocenters. The molecule has 0 aromatic carbocycles. The van der Waals surface area contributed by atoms with Gasteiger partial charge in [-0.15, -0.1) is 0 Å². The van der Waals surface area contributed by atoms with Crippen molar-refractivity contribution in [3.8, 4) is 0 Å². The van der Waals surface area contributed by atoms with Crippen LogP contribution in [-0.2, 0) is 35.4 Å². The van der Waals surface area contributed by atoms with Crippen molar-refractivity contribution in [2.45, 2.75) is 39.3 Å². The van der Waals surface area contributed by atoms with Crippen LogP contribution in [-0.4, -0.2) is 43.0 Å². The van der Waals surface area contributed by atoms with Crippen LogP contribution in [0.25, 0.3) is 0 Å². The Morgan fingerprint density at radius 2 is 2.21 bits per heavy atom. The molecule has 108 valence electrons. The molecule has 1 aromatic heterocycles. The van der Waals surface area contributed by atoms with Gasteiger partial charge in [-0.1, -0.05) is 6.92 Å². The number of hydrogen-bond acceptors (Lipinski definition) is 4. The Bertz CT molecular complexity index is 390. The number of rotatable bonds is 8. The SMILES string of the molecule is CCCc1nc2c(n1CCOCCOC)CCNC2. The third-order valence-electron chi connectivity index (χ3n) is 3.43. The largest absolute Gasteiger partial charge is 0.382 e. The van der Waals surface area contributed by atoms with Crippen molar-refractivity contribution < 1.29 is 9.47 Å². The summed E-state index contributed by atoms with van der Waals surface area (Å²) >= 11 is 0. The third kappa shape index (κ3) is 3.78. The Morgan fingerprint density at radius 3 is 3.00 bits per heavy atom. The van der Waals surface area contributed by atoms with Gasteiger partial charge in [0.25, 0.3) is 0 Å². The molecule has 5 nitrogen and oxygen atoms in total. The molecule has 0 spiro atoms.